The number of halogens is 3. The second-order valence-electron chi connectivity index (χ2n) is 3.49. The van der Waals surface area contributed by atoms with E-state index in [-0.39, 0.29) is 19.0 Å². The Hall–Kier alpha value is -0.500. The van der Waals surface area contributed by atoms with Gasteiger partial charge in [0.1, 0.15) is 6.10 Å². The number of nitrogens with two attached hydrogens (primary N) is 1. The molecule has 0 radical (unpaired) electrons. The summed E-state index contributed by atoms with van der Waals surface area (Å²) in [5, 5.41) is 2.08. The summed E-state index contributed by atoms with van der Waals surface area (Å²) in [5.74, 6) is -3.67. The first-order chi connectivity index (χ1) is 7.93. The molecule has 0 spiro atoms. The van der Waals surface area contributed by atoms with Gasteiger partial charge in [-0.15, -0.1) is 12.4 Å². The van der Waals surface area contributed by atoms with Gasteiger partial charge in [0.2, 0.25) is 5.91 Å². The minimum absolute atomic E-state index is 0. The van der Waals surface area contributed by atoms with Crippen molar-refractivity contribution < 1.29 is 23.0 Å². The van der Waals surface area contributed by atoms with E-state index >= 15 is 0 Å². The van der Waals surface area contributed by atoms with Crippen molar-refractivity contribution in [2.45, 2.75) is 25.9 Å². The van der Waals surface area contributed by atoms with Crippen LogP contribution in [0, 0.1) is 0 Å². The van der Waals surface area contributed by atoms with Crippen molar-refractivity contribution in [1.82, 2.24) is 5.32 Å². The minimum atomic E-state index is -3.08. The number of alkyl halides is 2. The van der Waals surface area contributed by atoms with Crippen LogP contribution < -0.4 is 11.1 Å². The molecule has 5 nitrogen and oxygen atoms in total. The lowest BCUT2D eigenvalue weighted by Crippen LogP contribution is -2.45. The summed E-state index contributed by atoms with van der Waals surface area (Å²) in [4.78, 5) is 11.3. The van der Waals surface area contributed by atoms with Gasteiger partial charge in [0.25, 0.3) is 5.92 Å². The van der Waals surface area contributed by atoms with Crippen molar-refractivity contribution in [2.75, 3.05) is 32.9 Å². The molecule has 8 heteroatoms. The predicted octanol–water partition coefficient (Wildman–Crippen LogP) is 0.560. The van der Waals surface area contributed by atoms with Crippen LogP contribution in [-0.4, -0.2) is 50.8 Å². The molecule has 0 saturated carbocycles. The van der Waals surface area contributed by atoms with Crippen LogP contribution in [0.4, 0.5) is 8.78 Å². The highest BCUT2D eigenvalue weighted by molar-refractivity contribution is 5.85. The smallest absolute Gasteiger partial charge is 0.277 e. The molecule has 1 amide bonds. The largest absolute Gasteiger partial charge is 0.379 e. The molecule has 110 valence electrons. The number of ether oxygens (including phenoxy) is 2. The van der Waals surface area contributed by atoms with Crippen LogP contribution in [0.15, 0.2) is 0 Å². The summed E-state index contributed by atoms with van der Waals surface area (Å²) >= 11 is 0. The molecule has 0 aromatic carbocycles. The third-order valence-electron chi connectivity index (χ3n) is 1.99. The second-order valence-corrected chi connectivity index (χ2v) is 3.49. The monoisotopic (exact) mass is 290 g/mol. The Labute approximate surface area is 112 Å². The van der Waals surface area contributed by atoms with E-state index in [1.165, 1.54) is 6.92 Å². The zero-order chi connectivity index (χ0) is 13.3. The molecule has 1 atom stereocenters. The van der Waals surface area contributed by atoms with E-state index in [1.54, 1.807) is 0 Å². The highest BCUT2D eigenvalue weighted by Crippen LogP contribution is 2.08. The fourth-order valence-electron chi connectivity index (χ4n) is 0.936. The lowest BCUT2D eigenvalue weighted by Gasteiger charge is -2.17. The Kier molecular flexibility index (Phi) is 11.5. The lowest BCUT2D eigenvalue weighted by atomic mass is 10.3. The summed E-state index contributed by atoms with van der Waals surface area (Å²) in [6.45, 7) is 2.93. The molecule has 0 fully saturated rings. The van der Waals surface area contributed by atoms with Gasteiger partial charge >= 0.3 is 0 Å². The van der Waals surface area contributed by atoms with Crippen molar-refractivity contribution in [1.29, 1.82) is 0 Å². The van der Waals surface area contributed by atoms with Gasteiger partial charge in [0.05, 0.1) is 26.3 Å². The quantitative estimate of drug-likeness (QED) is 0.609. The molecule has 0 aliphatic carbocycles. The van der Waals surface area contributed by atoms with Crippen LogP contribution in [0.2, 0.25) is 0 Å². The van der Waals surface area contributed by atoms with Gasteiger partial charge in [-0.25, -0.2) is 8.78 Å². The maximum absolute atomic E-state index is 12.7. The number of nitrogens with one attached hydrogen (secondary N) is 1. The summed E-state index contributed by atoms with van der Waals surface area (Å²) in [5.41, 5.74) is 4.83. The molecule has 0 bridgehead atoms. The summed E-state index contributed by atoms with van der Waals surface area (Å²) in [7, 11) is 0. The Balaban J connectivity index is 0. The highest BCUT2D eigenvalue weighted by atomic mass is 35.5. The zero-order valence-corrected chi connectivity index (χ0v) is 11.4. The van der Waals surface area contributed by atoms with Crippen LogP contribution >= 0.6 is 12.4 Å². The molecule has 3 N–H and O–H groups in total. The average Bonchev–Trinajstić information content (AvgIpc) is 2.31. The molecule has 0 aliphatic heterocycles. The van der Waals surface area contributed by atoms with E-state index in [0.717, 1.165) is 0 Å². The molecule has 0 rings (SSSR count). The number of carbonyl (C=O) groups excluding carboxylic acids is 1. The highest BCUT2D eigenvalue weighted by Gasteiger charge is 2.28. The average molecular weight is 291 g/mol. The van der Waals surface area contributed by atoms with Crippen LogP contribution in [0.1, 0.15) is 13.8 Å². The number of rotatable bonds is 9. The first-order valence-electron chi connectivity index (χ1n) is 5.48. The molecule has 0 aromatic rings. The fourth-order valence-corrected chi connectivity index (χ4v) is 0.936. The van der Waals surface area contributed by atoms with E-state index < -0.39 is 31.0 Å². The molecule has 0 heterocycles. The van der Waals surface area contributed by atoms with Crippen molar-refractivity contribution in [3.05, 3.63) is 0 Å². The third kappa shape index (κ3) is 9.52. The molecular formula is C10H21ClF2N2O3. The first-order valence-corrected chi connectivity index (χ1v) is 5.48. The Morgan fingerprint density at radius 2 is 2.06 bits per heavy atom. The van der Waals surface area contributed by atoms with Crippen LogP contribution in [0.3, 0.4) is 0 Å². The van der Waals surface area contributed by atoms with E-state index in [0.29, 0.717) is 13.2 Å². The standard InChI is InChI=1S/C10H20F2N2O3.ClH/c1-3-16-4-5-17-8(2)9(15)14-7-10(11,12)6-13;/h8H,3-7,13H2,1-2H3,(H,14,15);1H. The normalized spacial score (nSPS) is 12.7. The van der Waals surface area contributed by atoms with Crippen LogP contribution in [-0.2, 0) is 14.3 Å². The summed E-state index contributed by atoms with van der Waals surface area (Å²) < 4.78 is 35.6. The fraction of sp³-hybridized carbons (Fsp3) is 0.900. The van der Waals surface area contributed by atoms with E-state index in [9.17, 15) is 13.6 Å². The Morgan fingerprint density at radius 3 is 2.56 bits per heavy atom. The molecule has 1 unspecified atom stereocenters. The zero-order valence-electron chi connectivity index (χ0n) is 10.6. The Bertz CT molecular complexity index is 233. The van der Waals surface area contributed by atoms with Crippen LogP contribution in [0.5, 0.6) is 0 Å². The maximum Gasteiger partial charge on any atom is 0.277 e. The third-order valence-corrected chi connectivity index (χ3v) is 1.99. The minimum Gasteiger partial charge on any atom is -0.379 e. The van der Waals surface area contributed by atoms with Crippen molar-refractivity contribution in [3.8, 4) is 0 Å². The van der Waals surface area contributed by atoms with E-state index in [1.807, 2.05) is 6.92 Å². The Morgan fingerprint density at radius 1 is 1.44 bits per heavy atom. The van der Waals surface area contributed by atoms with Crippen molar-refractivity contribution in [2.24, 2.45) is 5.73 Å². The molecular weight excluding hydrogens is 270 g/mol. The van der Waals surface area contributed by atoms with Gasteiger partial charge in [-0.2, -0.15) is 0 Å². The maximum atomic E-state index is 12.7. The second kappa shape index (κ2) is 10.4. The van der Waals surface area contributed by atoms with Gasteiger partial charge in [-0.05, 0) is 13.8 Å². The predicted molar refractivity (Wildman–Crippen MR) is 66.2 cm³/mol. The molecule has 0 aliphatic rings. The number of hydrogen-bond acceptors (Lipinski definition) is 4. The topological polar surface area (TPSA) is 73.6 Å². The lowest BCUT2D eigenvalue weighted by molar-refractivity contribution is -0.134. The summed E-state index contributed by atoms with van der Waals surface area (Å²) in [6.07, 6.45) is -0.788. The number of amides is 1. The molecule has 18 heavy (non-hydrogen) atoms. The van der Waals surface area contributed by atoms with Gasteiger partial charge in [-0.1, -0.05) is 0 Å². The van der Waals surface area contributed by atoms with Gasteiger partial charge in [0.15, 0.2) is 0 Å². The van der Waals surface area contributed by atoms with Crippen LogP contribution in [0.25, 0.3) is 0 Å². The summed E-state index contributed by atoms with van der Waals surface area (Å²) in [6, 6.07) is 0. The van der Waals surface area contributed by atoms with Gasteiger partial charge in [-0.3, -0.25) is 4.79 Å². The van der Waals surface area contributed by atoms with Gasteiger partial charge in [0, 0.05) is 6.61 Å². The number of hydrogen-bond donors (Lipinski definition) is 2. The SMILES string of the molecule is CCOCCOC(C)C(=O)NCC(F)(F)CN.Cl. The van der Waals surface area contributed by atoms with Crippen molar-refractivity contribution >= 4 is 18.3 Å². The molecule has 0 saturated heterocycles. The van der Waals surface area contributed by atoms with E-state index in [4.69, 9.17) is 15.2 Å². The first kappa shape index (κ1) is 19.8. The number of carbonyl (C=O) groups is 1. The van der Waals surface area contributed by atoms with Crippen molar-refractivity contribution in [3.63, 3.8) is 0 Å². The van der Waals surface area contributed by atoms with Gasteiger partial charge < -0.3 is 20.5 Å². The molecule has 0 aromatic heterocycles. The van der Waals surface area contributed by atoms with E-state index in [2.05, 4.69) is 5.32 Å².